The number of carbonyl (C=O) groups is 2. The van der Waals surface area contributed by atoms with Gasteiger partial charge in [-0.05, 0) is 29.7 Å². The molecule has 1 aromatic carbocycles. The Morgan fingerprint density at radius 2 is 2.16 bits per heavy atom. The van der Waals surface area contributed by atoms with Gasteiger partial charge in [0.05, 0.1) is 26.3 Å². The fourth-order valence-corrected chi connectivity index (χ4v) is 3.28. The fourth-order valence-electron chi connectivity index (χ4n) is 3.28. The fraction of sp³-hybridized carbons (Fsp3) is 0.375. The van der Waals surface area contributed by atoms with E-state index >= 15 is 0 Å². The molecule has 1 atom stereocenters. The van der Waals surface area contributed by atoms with Crippen LogP contribution in [0.5, 0.6) is 0 Å². The zero-order chi connectivity index (χ0) is 17.6. The quantitative estimate of drug-likeness (QED) is 0.776. The Morgan fingerprint density at radius 1 is 1.32 bits per heavy atom. The maximum Gasteiger partial charge on any atom is 0.343 e. The van der Waals surface area contributed by atoms with Gasteiger partial charge in [-0.2, -0.15) is 5.10 Å². The van der Waals surface area contributed by atoms with Crippen molar-refractivity contribution < 1.29 is 19.4 Å². The lowest BCUT2D eigenvalue weighted by atomic mass is 9.99. The average Bonchev–Trinajstić information content (AvgIpc) is 3.00. The van der Waals surface area contributed by atoms with E-state index < -0.39 is 17.7 Å². The maximum atomic E-state index is 12.9. The molecule has 1 unspecified atom stereocenters. The maximum absolute atomic E-state index is 12.9. The number of aromatic amines is 1. The number of amides is 1. The summed E-state index contributed by atoms with van der Waals surface area (Å²) in [6.45, 7) is 0.968. The normalized spacial score (nSPS) is 19.2. The van der Waals surface area contributed by atoms with Crippen LogP contribution >= 0.6 is 0 Å². The van der Waals surface area contributed by atoms with E-state index in [9.17, 15) is 19.5 Å². The number of carboxylic acids is 1. The Hall–Kier alpha value is -2.94. The number of rotatable bonds is 2. The molecule has 0 saturated carbocycles. The number of hydrogen-bond donors (Lipinski definition) is 2. The molecule has 2 aliphatic rings. The molecule has 3 heterocycles. The molecular weight excluding hydrogens is 328 g/mol. The van der Waals surface area contributed by atoms with Crippen LogP contribution in [-0.4, -0.2) is 49.3 Å². The van der Waals surface area contributed by atoms with Crippen LogP contribution in [0, 0.1) is 0 Å². The van der Waals surface area contributed by atoms with E-state index in [2.05, 4.69) is 10.2 Å². The number of H-pyrrole nitrogens is 1. The van der Waals surface area contributed by atoms with Gasteiger partial charge < -0.3 is 14.7 Å². The summed E-state index contributed by atoms with van der Waals surface area (Å²) in [6.07, 6.45) is 0.720. The minimum absolute atomic E-state index is 0.0330. The summed E-state index contributed by atoms with van der Waals surface area (Å²) >= 11 is 0. The third kappa shape index (κ3) is 2.62. The third-order valence-electron chi connectivity index (χ3n) is 4.65. The number of carbonyl (C=O) groups excluding carboxylic acids is 1. The predicted molar refractivity (Wildman–Crippen MR) is 83.9 cm³/mol. The van der Waals surface area contributed by atoms with E-state index in [1.165, 1.54) is 9.47 Å². The summed E-state index contributed by atoms with van der Waals surface area (Å²) in [5, 5.41) is 15.7. The lowest BCUT2D eigenvalue weighted by Crippen LogP contribution is -2.52. The number of aromatic nitrogens is 3. The van der Waals surface area contributed by atoms with Gasteiger partial charge in [-0.1, -0.05) is 6.07 Å². The van der Waals surface area contributed by atoms with Gasteiger partial charge in [-0.25, -0.2) is 14.7 Å². The van der Waals surface area contributed by atoms with Crippen molar-refractivity contribution in [3.05, 3.63) is 51.2 Å². The van der Waals surface area contributed by atoms with Gasteiger partial charge in [-0.3, -0.25) is 9.36 Å². The second kappa shape index (κ2) is 5.85. The smallest absolute Gasteiger partial charge is 0.343 e. The number of ether oxygens (including phenoxy) is 1. The molecule has 2 aromatic rings. The van der Waals surface area contributed by atoms with Crippen LogP contribution in [0.4, 0.5) is 0 Å². The van der Waals surface area contributed by atoms with Crippen LogP contribution in [0.15, 0.2) is 23.0 Å². The van der Waals surface area contributed by atoms with Gasteiger partial charge in [0.2, 0.25) is 0 Å². The summed E-state index contributed by atoms with van der Waals surface area (Å²) in [5.41, 5.74) is 2.04. The van der Waals surface area contributed by atoms with Crippen LogP contribution in [-0.2, 0) is 35.6 Å². The Kier molecular flexibility index (Phi) is 3.65. The molecule has 0 fully saturated rings. The van der Waals surface area contributed by atoms with Crippen LogP contribution in [0.1, 0.15) is 27.3 Å². The van der Waals surface area contributed by atoms with Gasteiger partial charge in [0.1, 0.15) is 6.04 Å². The monoisotopic (exact) mass is 344 g/mol. The molecule has 0 aliphatic carbocycles. The molecule has 2 N–H and O–H groups in total. The molecule has 0 radical (unpaired) electrons. The zero-order valence-electron chi connectivity index (χ0n) is 13.3. The number of benzene rings is 1. The van der Waals surface area contributed by atoms with Crippen molar-refractivity contribution in [3.8, 4) is 0 Å². The first-order chi connectivity index (χ1) is 12.0. The lowest BCUT2D eigenvalue weighted by Gasteiger charge is -2.33. The van der Waals surface area contributed by atoms with Gasteiger partial charge in [-0.15, -0.1) is 0 Å². The minimum atomic E-state index is -1.15. The highest BCUT2D eigenvalue weighted by molar-refractivity contribution is 5.97. The third-order valence-corrected chi connectivity index (χ3v) is 4.65. The number of fused-ring (bicyclic) bond motifs is 2. The highest BCUT2D eigenvalue weighted by Gasteiger charge is 2.37. The molecule has 9 heteroatoms. The molecule has 25 heavy (non-hydrogen) atoms. The number of nitrogens with zero attached hydrogens (tertiary/aromatic N) is 3. The van der Waals surface area contributed by atoms with E-state index in [1.54, 1.807) is 12.1 Å². The average molecular weight is 344 g/mol. The largest absolute Gasteiger partial charge is 0.480 e. The van der Waals surface area contributed by atoms with E-state index in [0.717, 1.165) is 17.5 Å². The van der Waals surface area contributed by atoms with Crippen molar-refractivity contribution in [1.29, 1.82) is 0 Å². The van der Waals surface area contributed by atoms with Gasteiger partial charge in [0, 0.05) is 5.56 Å². The van der Waals surface area contributed by atoms with Gasteiger partial charge in [0.25, 0.3) is 5.91 Å². The van der Waals surface area contributed by atoms with E-state index in [4.69, 9.17) is 4.74 Å². The van der Waals surface area contributed by atoms with Gasteiger partial charge >= 0.3 is 11.7 Å². The van der Waals surface area contributed by atoms with Crippen molar-refractivity contribution in [2.45, 2.75) is 32.2 Å². The minimum Gasteiger partial charge on any atom is -0.480 e. The van der Waals surface area contributed by atoms with Crippen molar-refractivity contribution in [1.82, 2.24) is 19.7 Å². The molecule has 0 spiro atoms. The first-order valence-electron chi connectivity index (χ1n) is 7.92. The lowest BCUT2D eigenvalue weighted by molar-refractivity contribution is -0.143. The first-order valence-corrected chi connectivity index (χ1v) is 7.92. The van der Waals surface area contributed by atoms with Gasteiger partial charge in [0.15, 0.2) is 5.82 Å². The molecule has 0 bridgehead atoms. The Morgan fingerprint density at radius 3 is 2.96 bits per heavy atom. The summed E-state index contributed by atoms with van der Waals surface area (Å²) in [4.78, 5) is 37.5. The molecule has 2 aliphatic heterocycles. The standard InChI is InChI=1S/C16H16N4O5/c21-14(10-1-2-11-8-25-4-3-9(11)5-10)19-7-13-17-18-16(24)20(13)6-12(19)15(22)23/h1-2,5,12H,3-4,6-8H2,(H,18,24)(H,22,23). The van der Waals surface area contributed by atoms with Crippen LogP contribution in [0.25, 0.3) is 0 Å². The summed E-state index contributed by atoms with van der Waals surface area (Å²) in [6, 6.07) is 4.20. The van der Waals surface area contributed by atoms with Crippen molar-refractivity contribution >= 4 is 11.9 Å². The van der Waals surface area contributed by atoms with E-state index in [1.807, 2.05) is 6.07 Å². The van der Waals surface area contributed by atoms with Crippen LogP contribution in [0.3, 0.4) is 0 Å². The SMILES string of the molecule is O=C(O)C1Cn2c(n[nH]c2=O)CN1C(=O)c1ccc2c(c1)CCOC2. The molecular formula is C16H16N4O5. The summed E-state index contributed by atoms with van der Waals surface area (Å²) in [5.74, 6) is -1.19. The number of nitrogens with one attached hydrogen (secondary N) is 1. The van der Waals surface area contributed by atoms with Crippen molar-refractivity contribution in [2.75, 3.05) is 6.61 Å². The second-order valence-corrected chi connectivity index (χ2v) is 6.13. The van der Waals surface area contributed by atoms with Crippen LogP contribution < -0.4 is 5.69 Å². The summed E-state index contributed by atoms with van der Waals surface area (Å²) in [7, 11) is 0. The number of hydrogen-bond acceptors (Lipinski definition) is 5. The zero-order valence-corrected chi connectivity index (χ0v) is 13.3. The first kappa shape index (κ1) is 15.6. The highest BCUT2D eigenvalue weighted by Crippen LogP contribution is 2.22. The Labute approximate surface area is 141 Å². The molecule has 1 aromatic heterocycles. The Balaban J connectivity index is 1.68. The molecule has 130 valence electrons. The Bertz CT molecular complexity index is 915. The number of aliphatic carboxylic acids is 1. The molecule has 1 amide bonds. The predicted octanol–water partition coefficient (Wildman–Crippen LogP) is -0.247. The molecule has 9 nitrogen and oxygen atoms in total. The molecule has 0 saturated heterocycles. The molecule has 4 rings (SSSR count). The van der Waals surface area contributed by atoms with Crippen molar-refractivity contribution in [2.24, 2.45) is 0 Å². The van der Waals surface area contributed by atoms with Crippen LogP contribution in [0.2, 0.25) is 0 Å². The highest BCUT2D eigenvalue weighted by atomic mass is 16.5. The summed E-state index contributed by atoms with van der Waals surface area (Å²) < 4.78 is 6.64. The number of carboxylic acid groups (broad SMARTS) is 1. The second-order valence-electron chi connectivity index (χ2n) is 6.13. The van der Waals surface area contributed by atoms with E-state index in [0.29, 0.717) is 24.6 Å². The van der Waals surface area contributed by atoms with E-state index in [-0.39, 0.29) is 19.0 Å². The topological polar surface area (TPSA) is 118 Å². The van der Waals surface area contributed by atoms with Crippen molar-refractivity contribution in [3.63, 3.8) is 0 Å².